The van der Waals surface area contributed by atoms with E-state index in [1.807, 2.05) is 6.92 Å². The molecule has 0 aliphatic heterocycles. The van der Waals surface area contributed by atoms with Gasteiger partial charge in [0, 0.05) is 6.54 Å². The van der Waals surface area contributed by atoms with Crippen LogP contribution in [0.25, 0.3) is 0 Å². The number of aromatic amines is 1. The van der Waals surface area contributed by atoms with Crippen LogP contribution in [0, 0.1) is 0 Å². The zero-order chi connectivity index (χ0) is 11.5. The lowest BCUT2D eigenvalue weighted by Gasteiger charge is -2.00. The third kappa shape index (κ3) is 2.27. The Bertz CT molecular complexity index is 529. The Morgan fingerprint density at radius 3 is 3.12 bits per heavy atom. The van der Waals surface area contributed by atoms with Crippen LogP contribution in [0.15, 0.2) is 20.5 Å². The standard InChI is InChI=1S/C8H11N5OS2/c1-2-3-13-6(14)11-12-7(13)16-8-10-4-5(9)15-8/h4H,2-3,9H2,1H3,(H,11,14). The zero-order valence-electron chi connectivity index (χ0n) is 8.64. The third-order valence-corrected chi connectivity index (χ3v) is 3.75. The second kappa shape index (κ2) is 4.71. The van der Waals surface area contributed by atoms with Gasteiger partial charge in [-0.1, -0.05) is 18.3 Å². The number of nitrogens with two attached hydrogens (primary N) is 1. The Labute approximate surface area is 99.9 Å². The van der Waals surface area contributed by atoms with Crippen LogP contribution in [-0.4, -0.2) is 19.7 Å². The highest BCUT2D eigenvalue weighted by atomic mass is 32.2. The van der Waals surface area contributed by atoms with Crippen molar-refractivity contribution < 1.29 is 0 Å². The number of nitrogen functional groups attached to an aromatic ring is 1. The van der Waals surface area contributed by atoms with Crippen LogP contribution in [0.2, 0.25) is 0 Å². The summed E-state index contributed by atoms with van der Waals surface area (Å²) >= 11 is 2.72. The summed E-state index contributed by atoms with van der Waals surface area (Å²) in [5.74, 6) is 0. The summed E-state index contributed by atoms with van der Waals surface area (Å²) in [7, 11) is 0. The number of nitrogens with one attached hydrogen (secondary N) is 1. The van der Waals surface area contributed by atoms with Crippen molar-refractivity contribution >= 4 is 28.1 Å². The zero-order valence-corrected chi connectivity index (χ0v) is 10.3. The molecule has 2 heterocycles. The summed E-state index contributed by atoms with van der Waals surface area (Å²) in [5, 5.41) is 7.67. The van der Waals surface area contributed by atoms with E-state index in [0.717, 1.165) is 10.8 Å². The van der Waals surface area contributed by atoms with Crippen molar-refractivity contribution in [3.8, 4) is 0 Å². The number of anilines is 1. The van der Waals surface area contributed by atoms with Gasteiger partial charge in [-0.3, -0.25) is 4.57 Å². The van der Waals surface area contributed by atoms with E-state index in [1.165, 1.54) is 23.1 Å². The molecule has 16 heavy (non-hydrogen) atoms. The maximum absolute atomic E-state index is 11.4. The van der Waals surface area contributed by atoms with Gasteiger partial charge in [0.1, 0.15) is 5.00 Å². The van der Waals surface area contributed by atoms with Gasteiger partial charge < -0.3 is 5.73 Å². The highest BCUT2D eigenvalue weighted by Gasteiger charge is 2.11. The molecule has 0 aliphatic rings. The van der Waals surface area contributed by atoms with Gasteiger partial charge >= 0.3 is 5.69 Å². The minimum atomic E-state index is -0.186. The third-order valence-electron chi connectivity index (χ3n) is 1.85. The molecule has 0 fully saturated rings. The maximum Gasteiger partial charge on any atom is 0.343 e. The average molecular weight is 257 g/mol. The Hall–Kier alpha value is -1.28. The molecule has 0 aromatic carbocycles. The Kier molecular flexibility index (Phi) is 3.30. The van der Waals surface area contributed by atoms with Gasteiger partial charge in [0.25, 0.3) is 0 Å². The van der Waals surface area contributed by atoms with Crippen molar-refractivity contribution in [2.75, 3.05) is 5.73 Å². The predicted molar refractivity (Wildman–Crippen MR) is 63.8 cm³/mol. The lowest BCUT2D eigenvalue weighted by atomic mass is 10.5. The van der Waals surface area contributed by atoms with Gasteiger partial charge in [0.05, 0.1) is 6.20 Å². The highest BCUT2D eigenvalue weighted by molar-refractivity contribution is 8.00. The van der Waals surface area contributed by atoms with Crippen molar-refractivity contribution in [2.24, 2.45) is 0 Å². The van der Waals surface area contributed by atoms with E-state index < -0.39 is 0 Å². The minimum absolute atomic E-state index is 0.186. The van der Waals surface area contributed by atoms with E-state index in [0.29, 0.717) is 16.7 Å². The number of thiazole rings is 1. The fraction of sp³-hybridized carbons (Fsp3) is 0.375. The first kappa shape index (κ1) is 11.2. The molecule has 86 valence electrons. The molecule has 0 atom stereocenters. The van der Waals surface area contributed by atoms with Crippen LogP contribution in [0.3, 0.4) is 0 Å². The molecule has 0 amide bonds. The SMILES string of the molecule is CCCn1c(Sc2ncc(N)s2)n[nH]c1=O. The molecule has 0 spiro atoms. The van der Waals surface area contributed by atoms with Gasteiger partial charge in [0.15, 0.2) is 9.50 Å². The molecule has 2 aromatic heterocycles. The topological polar surface area (TPSA) is 89.6 Å². The van der Waals surface area contributed by atoms with Gasteiger partial charge in [-0.25, -0.2) is 14.9 Å². The van der Waals surface area contributed by atoms with Crippen molar-refractivity contribution in [1.29, 1.82) is 0 Å². The van der Waals surface area contributed by atoms with Crippen LogP contribution in [0.1, 0.15) is 13.3 Å². The molecule has 2 rings (SSSR count). The van der Waals surface area contributed by atoms with Gasteiger partial charge in [-0.15, -0.1) is 5.10 Å². The van der Waals surface area contributed by atoms with E-state index in [1.54, 1.807) is 10.8 Å². The van der Waals surface area contributed by atoms with Crippen LogP contribution in [0.4, 0.5) is 5.00 Å². The molecule has 0 bridgehead atoms. The summed E-state index contributed by atoms with van der Waals surface area (Å²) in [4.78, 5) is 15.5. The second-order valence-electron chi connectivity index (χ2n) is 3.09. The van der Waals surface area contributed by atoms with Crippen LogP contribution < -0.4 is 11.4 Å². The van der Waals surface area contributed by atoms with E-state index in [9.17, 15) is 4.79 Å². The quantitative estimate of drug-likeness (QED) is 0.858. The van der Waals surface area contributed by atoms with E-state index in [4.69, 9.17) is 5.73 Å². The van der Waals surface area contributed by atoms with Gasteiger partial charge in [-0.05, 0) is 18.2 Å². The number of nitrogens with zero attached hydrogens (tertiary/aromatic N) is 3. The van der Waals surface area contributed by atoms with Crippen molar-refractivity contribution in [3.63, 3.8) is 0 Å². The first-order chi connectivity index (χ1) is 7.70. The van der Waals surface area contributed by atoms with Gasteiger partial charge in [-0.2, -0.15) is 0 Å². The maximum atomic E-state index is 11.4. The van der Waals surface area contributed by atoms with Crippen LogP contribution >= 0.6 is 23.1 Å². The average Bonchev–Trinajstić information content (AvgIpc) is 2.79. The van der Waals surface area contributed by atoms with Crippen LogP contribution in [-0.2, 0) is 6.54 Å². The Balaban J connectivity index is 2.24. The number of hydrogen-bond acceptors (Lipinski definition) is 6. The van der Waals surface area contributed by atoms with Crippen molar-refractivity contribution in [3.05, 3.63) is 16.7 Å². The first-order valence-corrected chi connectivity index (χ1v) is 6.38. The summed E-state index contributed by atoms with van der Waals surface area (Å²) < 4.78 is 2.39. The lowest BCUT2D eigenvalue weighted by molar-refractivity contribution is 0.604. The summed E-state index contributed by atoms with van der Waals surface area (Å²) in [6.45, 7) is 2.66. The lowest BCUT2D eigenvalue weighted by Crippen LogP contribution is -2.17. The highest BCUT2D eigenvalue weighted by Crippen LogP contribution is 2.30. The fourth-order valence-corrected chi connectivity index (χ4v) is 2.93. The normalized spacial score (nSPS) is 10.8. The molecule has 0 saturated heterocycles. The monoisotopic (exact) mass is 257 g/mol. The molecule has 8 heteroatoms. The van der Waals surface area contributed by atoms with Crippen LogP contribution in [0.5, 0.6) is 0 Å². The van der Waals surface area contributed by atoms with Crippen molar-refractivity contribution in [2.45, 2.75) is 29.4 Å². The molecular weight excluding hydrogens is 246 g/mol. The fourth-order valence-electron chi connectivity index (χ4n) is 1.20. The molecule has 0 saturated carbocycles. The number of H-pyrrole nitrogens is 1. The van der Waals surface area contributed by atoms with E-state index in [2.05, 4.69) is 15.2 Å². The molecular formula is C8H11N5OS2. The summed E-state index contributed by atoms with van der Waals surface area (Å²) in [5.41, 5.74) is 5.39. The predicted octanol–water partition coefficient (Wildman–Crippen LogP) is 1.17. The summed E-state index contributed by atoms with van der Waals surface area (Å²) in [6, 6.07) is 0. The molecule has 6 nitrogen and oxygen atoms in total. The van der Waals surface area contributed by atoms with E-state index in [-0.39, 0.29) is 5.69 Å². The Morgan fingerprint density at radius 1 is 1.69 bits per heavy atom. The van der Waals surface area contributed by atoms with Gasteiger partial charge in [0.2, 0.25) is 0 Å². The number of hydrogen-bond donors (Lipinski definition) is 2. The molecule has 3 N–H and O–H groups in total. The largest absolute Gasteiger partial charge is 0.389 e. The second-order valence-corrected chi connectivity index (χ2v) is 5.37. The molecule has 2 aromatic rings. The number of rotatable bonds is 4. The summed E-state index contributed by atoms with van der Waals surface area (Å²) in [6.07, 6.45) is 2.48. The van der Waals surface area contributed by atoms with Crippen molar-refractivity contribution in [1.82, 2.24) is 19.7 Å². The number of aromatic nitrogens is 4. The molecule has 0 unspecified atom stereocenters. The smallest absolute Gasteiger partial charge is 0.343 e. The minimum Gasteiger partial charge on any atom is -0.389 e. The molecule has 0 aliphatic carbocycles. The molecule has 0 radical (unpaired) electrons. The first-order valence-electron chi connectivity index (χ1n) is 4.75. The Morgan fingerprint density at radius 2 is 2.50 bits per heavy atom. The van der Waals surface area contributed by atoms with E-state index >= 15 is 0 Å².